The summed E-state index contributed by atoms with van der Waals surface area (Å²) < 4.78 is 32.7. The minimum atomic E-state index is -4.61. The van der Waals surface area contributed by atoms with Crippen molar-refractivity contribution in [2.45, 2.75) is 239 Å². The summed E-state index contributed by atoms with van der Waals surface area (Å²) in [4.78, 5) is 35.0. The molecule has 0 amide bonds. The predicted octanol–water partition coefficient (Wildman–Crippen LogP) is 9.20. The Morgan fingerprint density at radius 3 is 1.18 bits per heavy atom. The fourth-order valence-electron chi connectivity index (χ4n) is 6.35. The second kappa shape index (κ2) is 45.1. The van der Waals surface area contributed by atoms with Gasteiger partial charge in [0.1, 0.15) is 12.7 Å². The van der Waals surface area contributed by atoms with E-state index < -0.39 is 51.8 Å². The molecule has 0 bridgehead atoms. The van der Waals surface area contributed by atoms with Crippen LogP contribution in [0.15, 0.2) is 0 Å². The maximum absolute atomic E-state index is 12.6. The van der Waals surface area contributed by atoms with Gasteiger partial charge in [-0.1, -0.05) is 201 Å². The quantitative estimate of drug-likeness (QED) is 0.0236. The van der Waals surface area contributed by atoms with Crippen molar-refractivity contribution >= 4 is 19.8 Å². The van der Waals surface area contributed by atoms with Crippen LogP contribution in [0.1, 0.15) is 228 Å². The van der Waals surface area contributed by atoms with Crippen LogP contribution in [0.4, 0.5) is 0 Å². The summed E-state index contributed by atoms with van der Waals surface area (Å²) in [7, 11) is -4.61. The molecule has 0 fully saturated rings. The van der Waals surface area contributed by atoms with Gasteiger partial charge in [0.2, 0.25) is 0 Å². The van der Waals surface area contributed by atoms with Gasteiger partial charge >= 0.3 is 49.3 Å². The van der Waals surface area contributed by atoms with Crippen molar-refractivity contribution in [3.63, 3.8) is 0 Å². The number of unbranched alkanes of at least 4 members (excludes halogenated alkanes) is 28. The fraction of sp³-hybridized carbons (Fsp3) is 0.953. The van der Waals surface area contributed by atoms with Crippen LogP contribution in [0.5, 0.6) is 0 Å². The van der Waals surface area contributed by atoms with Crippen LogP contribution < -0.4 is 29.6 Å². The molecule has 0 aliphatic heterocycles. The maximum atomic E-state index is 12.6. The Morgan fingerprint density at radius 2 is 0.836 bits per heavy atom. The largest absolute Gasteiger partial charge is 1.00 e. The van der Waals surface area contributed by atoms with Crippen molar-refractivity contribution in [2.24, 2.45) is 0 Å². The van der Waals surface area contributed by atoms with E-state index in [0.29, 0.717) is 12.8 Å². The van der Waals surface area contributed by atoms with Crippen molar-refractivity contribution in [1.82, 2.24) is 0 Å². The zero-order chi connectivity index (χ0) is 39.1. The topological polar surface area (TPSA) is 149 Å². The number of ether oxygens (including phenoxy) is 2. The number of aliphatic hydroxyl groups is 2. The minimum Gasteiger partial charge on any atom is -1.00 e. The molecule has 12 heteroatoms. The number of rotatable bonds is 42. The molecule has 10 nitrogen and oxygen atoms in total. The number of esters is 2. The molecule has 3 unspecified atom stereocenters. The number of hydrogen-bond acceptors (Lipinski definition) is 9. The molecule has 0 saturated carbocycles. The fourth-order valence-corrected chi connectivity index (χ4v) is 7.14. The van der Waals surface area contributed by atoms with Gasteiger partial charge in [-0.25, -0.2) is 4.57 Å². The summed E-state index contributed by atoms with van der Waals surface area (Å²) in [6.45, 7) is 2.42. The molecule has 0 aromatic carbocycles. The van der Waals surface area contributed by atoms with Crippen molar-refractivity contribution in [3.8, 4) is 0 Å². The van der Waals surface area contributed by atoms with E-state index >= 15 is 0 Å². The molecule has 55 heavy (non-hydrogen) atoms. The van der Waals surface area contributed by atoms with Gasteiger partial charge in [-0.15, -0.1) is 0 Å². The van der Waals surface area contributed by atoms with Gasteiger partial charge in [-0.3, -0.25) is 18.6 Å². The molecule has 0 aromatic rings. The monoisotopic (exact) mass is 819 g/mol. The van der Waals surface area contributed by atoms with Crippen molar-refractivity contribution in [1.29, 1.82) is 0 Å². The molecular formula is C43H88NaO10P. The molecule has 0 spiro atoms. The van der Waals surface area contributed by atoms with Crippen molar-refractivity contribution < 1.29 is 78.8 Å². The SMILES string of the molecule is C.CCCCCCCCCCCCCCCCCC(=O)OCC(COP(=O)(O)OCC(O)CO)OC(=O)CCCCCCCCCCCCCCCCC.[H-].[Na+]. The van der Waals surface area contributed by atoms with E-state index in [-0.39, 0.29) is 57.9 Å². The van der Waals surface area contributed by atoms with Crippen molar-refractivity contribution in [2.75, 3.05) is 26.4 Å². The molecule has 0 saturated heterocycles. The Hall–Kier alpha value is -0.0300. The summed E-state index contributed by atoms with van der Waals surface area (Å²) in [5.74, 6) is -0.909. The van der Waals surface area contributed by atoms with Gasteiger partial charge in [-0.05, 0) is 12.8 Å². The van der Waals surface area contributed by atoms with E-state index in [4.69, 9.17) is 23.6 Å². The van der Waals surface area contributed by atoms with Crippen LogP contribution in [0.3, 0.4) is 0 Å². The standard InChI is InChI=1S/C42H83O10P.CH4.Na.H/c1-3-5-7-9-11-13-15-17-19-21-23-25-27-29-31-33-41(45)49-37-40(38-51-53(47,48)50-36-39(44)35-43)52-42(46)34-32-30-28-26-24-22-20-18-16-14-12-10-8-6-4-2;;;/h39-40,43-44H,3-38H2,1-2H3,(H,47,48);1H4;;/q;;+1;-1. The number of phosphoric ester groups is 1. The molecule has 3 atom stereocenters. The Balaban J connectivity index is -0.00000451. The van der Waals surface area contributed by atoms with E-state index in [1.54, 1.807) is 0 Å². The molecule has 0 radical (unpaired) electrons. The van der Waals surface area contributed by atoms with Crippen molar-refractivity contribution in [3.05, 3.63) is 0 Å². The molecular weight excluding hydrogens is 730 g/mol. The molecule has 326 valence electrons. The minimum absolute atomic E-state index is 0. The average molecular weight is 819 g/mol. The maximum Gasteiger partial charge on any atom is 1.00 e. The van der Waals surface area contributed by atoms with Crippen LogP contribution in [-0.4, -0.2) is 65.7 Å². The Kier molecular flexibility index (Phi) is 48.6. The van der Waals surface area contributed by atoms with Gasteiger partial charge in [0.05, 0.1) is 19.8 Å². The number of phosphoric acid groups is 1. The summed E-state index contributed by atoms with van der Waals surface area (Å²) in [5.41, 5.74) is 0. The van der Waals surface area contributed by atoms with E-state index in [9.17, 15) is 24.2 Å². The van der Waals surface area contributed by atoms with Gasteiger partial charge in [-0.2, -0.15) is 0 Å². The molecule has 0 aliphatic carbocycles. The van der Waals surface area contributed by atoms with E-state index in [1.807, 2.05) is 0 Å². The normalized spacial score (nSPS) is 13.3. The number of hydrogen-bond donors (Lipinski definition) is 3. The molecule has 0 heterocycles. The van der Waals surface area contributed by atoms with E-state index in [0.717, 1.165) is 32.1 Å². The molecule has 0 rings (SSSR count). The third-order valence-electron chi connectivity index (χ3n) is 9.76. The van der Waals surface area contributed by atoms with Gasteiger partial charge in [0.15, 0.2) is 6.10 Å². The first-order valence-electron chi connectivity index (χ1n) is 22.0. The Bertz CT molecular complexity index is 873. The third-order valence-corrected chi connectivity index (χ3v) is 10.7. The van der Waals surface area contributed by atoms with Crippen LogP contribution in [0, 0.1) is 0 Å². The van der Waals surface area contributed by atoms with Gasteiger partial charge < -0.3 is 26.0 Å². The summed E-state index contributed by atoms with van der Waals surface area (Å²) >= 11 is 0. The van der Waals surface area contributed by atoms with Gasteiger partial charge in [0.25, 0.3) is 0 Å². The third kappa shape index (κ3) is 44.9. The Morgan fingerprint density at radius 1 is 0.527 bits per heavy atom. The smallest absolute Gasteiger partial charge is 1.00 e. The zero-order valence-electron chi connectivity index (χ0n) is 36.3. The Labute approximate surface area is 362 Å². The van der Waals surface area contributed by atoms with Crippen LogP contribution in [-0.2, 0) is 32.7 Å². The molecule has 3 N–H and O–H groups in total. The summed E-state index contributed by atoms with van der Waals surface area (Å²) in [6, 6.07) is 0. The second-order valence-corrected chi connectivity index (χ2v) is 16.5. The molecule has 0 aliphatic rings. The van der Waals surface area contributed by atoms with Crippen LogP contribution in [0.2, 0.25) is 0 Å². The first-order valence-corrected chi connectivity index (χ1v) is 23.5. The van der Waals surface area contributed by atoms with Crippen LogP contribution >= 0.6 is 7.82 Å². The number of aliphatic hydroxyl groups excluding tert-OH is 2. The first kappa shape index (κ1) is 59.3. The van der Waals surface area contributed by atoms with Gasteiger partial charge in [0, 0.05) is 12.8 Å². The predicted molar refractivity (Wildman–Crippen MR) is 223 cm³/mol. The first-order chi connectivity index (χ1) is 25.7. The average Bonchev–Trinajstić information content (AvgIpc) is 3.14. The van der Waals surface area contributed by atoms with Crippen LogP contribution in [0.25, 0.3) is 0 Å². The number of carbonyl (C=O) groups is 2. The molecule has 0 aromatic heterocycles. The van der Waals surface area contributed by atoms with E-state index in [2.05, 4.69) is 13.8 Å². The summed E-state index contributed by atoms with van der Waals surface area (Å²) in [5, 5.41) is 18.3. The van der Waals surface area contributed by atoms with E-state index in [1.165, 1.54) is 148 Å². The second-order valence-electron chi connectivity index (χ2n) is 15.1. The summed E-state index contributed by atoms with van der Waals surface area (Å²) in [6.07, 6.45) is 34.9. The number of carbonyl (C=O) groups excluding carboxylic acids is 2. The zero-order valence-corrected chi connectivity index (χ0v) is 38.2.